The van der Waals surface area contributed by atoms with Crippen molar-refractivity contribution in [1.82, 2.24) is 0 Å². The Morgan fingerprint density at radius 1 is 1.05 bits per heavy atom. The van der Waals surface area contributed by atoms with Gasteiger partial charge in [-0.25, -0.2) is 4.79 Å². The number of ether oxygens (including phenoxy) is 4. The number of esters is 2. The van der Waals surface area contributed by atoms with Gasteiger partial charge in [-0.3, -0.25) is 9.79 Å². The highest BCUT2D eigenvalue weighted by atomic mass is 16.7. The van der Waals surface area contributed by atoms with Crippen LogP contribution in [0, 0.1) is 11.3 Å². The van der Waals surface area contributed by atoms with Crippen molar-refractivity contribution >= 4 is 18.2 Å². The van der Waals surface area contributed by atoms with Gasteiger partial charge in [-0.1, -0.05) is 20.8 Å². The van der Waals surface area contributed by atoms with Crippen LogP contribution in [0.25, 0.3) is 0 Å². The van der Waals surface area contributed by atoms with Crippen LogP contribution in [0.1, 0.15) is 27.2 Å². The highest BCUT2D eigenvalue weighted by Crippen LogP contribution is 2.23. The van der Waals surface area contributed by atoms with Gasteiger partial charge in [0.05, 0.1) is 26.6 Å². The molecule has 0 saturated heterocycles. The molecule has 0 bridgehead atoms. The van der Waals surface area contributed by atoms with E-state index in [2.05, 4.69) is 9.73 Å². The first-order valence-electron chi connectivity index (χ1n) is 6.94. The zero-order valence-electron chi connectivity index (χ0n) is 14.4. The number of hydrogen-bond donors (Lipinski definition) is 0. The number of hydrogen-bond acceptors (Lipinski definition) is 7. The Balaban J connectivity index is 5.56. The average molecular weight is 317 g/mol. The number of aliphatic imine (C=N–C) groups is 1. The summed E-state index contributed by atoms with van der Waals surface area (Å²) in [5.41, 5.74) is -0.224. The van der Waals surface area contributed by atoms with E-state index in [0.717, 1.165) is 0 Å². The van der Waals surface area contributed by atoms with Gasteiger partial charge >= 0.3 is 11.9 Å². The molecule has 0 amide bonds. The number of carbonyl (C=O) groups excluding carboxylic acids is 2. The smallest absolute Gasteiger partial charge is 0.331 e. The van der Waals surface area contributed by atoms with Gasteiger partial charge in [-0.05, 0) is 5.41 Å². The van der Waals surface area contributed by atoms with Crippen molar-refractivity contribution in [2.24, 2.45) is 16.3 Å². The Labute approximate surface area is 132 Å². The van der Waals surface area contributed by atoms with Crippen LogP contribution in [0.2, 0.25) is 0 Å². The maximum absolute atomic E-state index is 12.1. The lowest BCUT2D eigenvalue weighted by Crippen LogP contribution is -2.40. The summed E-state index contributed by atoms with van der Waals surface area (Å²) < 4.78 is 19.9. The normalized spacial score (nSPS) is 14.9. The zero-order chi connectivity index (χ0) is 17.3. The van der Waals surface area contributed by atoms with Crippen molar-refractivity contribution in [3.05, 3.63) is 0 Å². The molecule has 0 aliphatic heterocycles. The molecule has 7 nitrogen and oxygen atoms in total. The van der Waals surface area contributed by atoms with Crippen molar-refractivity contribution in [3.63, 3.8) is 0 Å². The Morgan fingerprint density at radius 3 is 1.95 bits per heavy atom. The second kappa shape index (κ2) is 9.53. The van der Waals surface area contributed by atoms with Gasteiger partial charge in [-0.15, -0.1) is 0 Å². The van der Waals surface area contributed by atoms with Gasteiger partial charge in [0, 0.05) is 20.4 Å². The maximum Gasteiger partial charge on any atom is 0.331 e. The summed E-state index contributed by atoms with van der Waals surface area (Å²) in [6.45, 7) is 5.85. The molecule has 0 unspecified atom stereocenters. The molecule has 128 valence electrons. The molecule has 0 saturated carbocycles. The molecule has 22 heavy (non-hydrogen) atoms. The van der Waals surface area contributed by atoms with Crippen LogP contribution in [0.3, 0.4) is 0 Å². The van der Waals surface area contributed by atoms with E-state index in [9.17, 15) is 9.59 Å². The SMILES string of the molecule is COC(=O)C[C@@H](C(OC)OC)[C@@H](N=CC(C)(C)C)C(=O)OC. The van der Waals surface area contributed by atoms with E-state index in [1.807, 2.05) is 20.8 Å². The standard InChI is InChI=1S/C15H27NO6/c1-15(2,3)9-16-12(13(18)20-5)10(8-11(17)19-4)14(21-6)22-7/h9-10,12,14H,8H2,1-7H3/t10-,12-/m1/s1. The lowest BCUT2D eigenvalue weighted by atomic mass is 9.94. The molecule has 0 aliphatic rings. The minimum atomic E-state index is -0.923. The van der Waals surface area contributed by atoms with Gasteiger partial charge in [-0.2, -0.15) is 0 Å². The first kappa shape index (κ1) is 20.5. The van der Waals surface area contributed by atoms with E-state index >= 15 is 0 Å². The summed E-state index contributed by atoms with van der Waals surface area (Å²) in [6, 6.07) is -0.923. The molecule has 7 heteroatoms. The summed E-state index contributed by atoms with van der Waals surface area (Å²) in [5, 5.41) is 0. The molecular formula is C15H27NO6. The van der Waals surface area contributed by atoms with E-state index in [-0.39, 0.29) is 11.8 Å². The highest BCUT2D eigenvalue weighted by Gasteiger charge is 2.37. The van der Waals surface area contributed by atoms with Gasteiger partial charge in [0.15, 0.2) is 12.3 Å². The first-order valence-corrected chi connectivity index (χ1v) is 6.94. The third kappa shape index (κ3) is 7.00. The molecule has 0 rings (SSSR count). The Hall–Kier alpha value is -1.47. The van der Waals surface area contributed by atoms with Crippen LogP contribution in [0.15, 0.2) is 4.99 Å². The molecule has 0 radical (unpaired) electrons. The second-order valence-electron chi connectivity index (χ2n) is 5.90. The van der Waals surface area contributed by atoms with Crippen molar-refractivity contribution in [2.75, 3.05) is 28.4 Å². The lowest BCUT2D eigenvalue weighted by molar-refractivity contribution is -0.168. The quantitative estimate of drug-likeness (QED) is 0.383. The summed E-state index contributed by atoms with van der Waals surface area (Å²) >= 11 is 0. The Kier molecular flexibility index (Phi) is 8.89. The van der Waals surface area contributed by atoms with Gasteiger partial charge in [0.1, 0.15) is 0 Å². The third-order valence-corrected chi connectivity index (χ3v) is 2.91. The molecular weight excluding hydrogens is 290 g/mol. The predicted octanol–water partition coefficient (Wildman–Crippen LogP) is 1.44. The van der Waals surface area contributed by atoms with Crippen LogP contribution in [-0.2, 0) is 28.5 Å². The van der Waals surface area contributed by atoms with Crippen molar-refractivity contribution in [2.45, 2.75) is 39.5 Å². The Morgan fingerprint density at radius 2 is 1.59 bits per heavy atom. The molecule has 0 spiro atoms. The van der Waals surface area contributed by atoms with Gasteiger partial charge < -0.3 is 18.9 Å². The van der Waals surface area contributed by atoms with E-state index in [1.54, 1.807) is 6.21 Å². The van der Waals surface area contributed by atoms with Crippen molar-refractivity contribution in [3.8, 4) is 0 Å². The number of carbonyl (C=O) groups is 2. The molecule has 0 fully saturated rings. The highest BCUT2D eigenvalue weighted by molar-refractivity contribution is 5.80. The molecule has 0 aromatic rings. The van der Waals surface area contributed by atoms with Crippen LogP contribution in [-0.4, -0.2) is 58.9 Å². The number of nitrogens with zero attached hydrogens (tertiary/aromatic N) is 1. The average Bonchev–Trinajstić information content (AvgIpc) is 2.46. The third-order valence-electron chi connectivity index (χ3n) is 2.91. The predicted molar refractivity (Wildman–Crippen MR) is 81.7 cm³/mol. The fourth-order valence-corrected chi connectivity index (χ4v) is 1.85. The van der Waals surface area contributed by atoms with E-state index in [1.165, 1.54) is 28.4 Å². The minimum Gasteiger partial charge on any atom is -0.469 e. The fraction of sp³-hybridized carbons (Fsp3) is 0.800. The zero-order valence-corrected chi connectivity index (χ0v) is 14.4. The van der Waals surface area contributed by atoms with E-state index < -0.39 is 30.2 Å². The van der Waals surface area contributed by atoms with Crippen LogP contribution < -0.4 is 0 Å². The summed E-state index contributed by atoms with van der Waals surface area (Å²) in [7, 11) is 5.41. The van der Waals surface area contributed by atoms with Crippen molar-refractivity contribution in [1.29, 1.82) is 0 Å². The van der Waals surface area contributed by atoms with Crippen LogP contribution >= 0.6 is 0 Å². The summed E-state index contributed by atoms with van der Waals surface area (Å²) in [4.78, 5) is 28.0. The van der Waals surface area contributed by atoms with E-state index in [4.69, 9.17) is 14.2 Å². The van der Waals surface area contributed by atoms with Crippen LogP contribution in [0.4, 0.5) is 0 Å². The Bertz CT molecular complexity index is 384. The fourth-order valence-electron chi connectivity index (χ4n) is 1.85. The van der Waals surface area contributed by atoms with Crippen molar-refractivity contribution < 1.29 is 28.5 Å². The second-order valence-corrected chi connectivity index (χ2v) is 5.90. The molecule has 0 aliphatic carbocycles. The molecule has 0 aromatic heterocycles. The lowest BCUT2D eigenvalue weighted by Gasteiger charge is -2.28. The topological polar surface area (TPSA) is 83.4 Å². The molecule has 2 atom stereocenters. The number of methoxy groups -OCH3 is 4. The largest absolute Gasteiger partial charge is 0.469 e. The monoisotopic (exact) mass is 317 g/mol. The van der Waals surface area contributed by atoms with Gasteiger partial charge in [0.25, 0.3) is 0 Å². The minimum absolute atomic E-state index is 0.0793. The van der Waals surface area contributed by atoms with Gasteiger partial charge in [0.2, 0.25) is 0 Å². The number of rotatable bonds is 8. The first-order chi connectivity index (χ1) is 10.2. The van der Waals surface area contributed by atoms with E-state index in [0.29, 0.717) is 0 Å². The molecule has 0 aromatic carbocycles. The summed E-state index contributed by atoms with van der Waals surface area (Å²) in [6.07, 6.45) is 0.783. The maximum atomic E-state index is 12.1. The summed E-state index contributed by atoms with van der Waals surface area (Å²) in [5.74, 6) is -1.70. The molecule has 0 heterocycles. The van der Waals surface area contributed by atoms with Crippen LogP contribution in [0.5, 0.6) is 0 Å². The molecule has 0 N–H and O–H groups in total.